The number of nitrogens with one attached hydrogen (secondary N) is 1. The Morgan fingerprint density at radius 2 is 1.85 bits per heavy atom. The fourth-order valence-electron chi connectivity index (χ4n) is 4.49. The van der Waals surface area contributed by atoms with Gasteiger partial charge in [-0.2, -0.15) is 0 Å². The first-order chi connectivity index (χ1) is 15.6. The monoisotopic (exact) mass is 458 g/mol. The zero-order chi connectivity index (χ0) is 23.8. The normalized spacial score (nSPS) is 24.5. The largest absolute Gasteiger partial charge is 0.481 e. The Bertz CT molecular complexity index is 1000. The highest BCUT2D eigenvalue weighted by Gasteiger charge is 2.50. The van der Waals surface area contributed by atoms with E-state index in [1.54, 1.807) is 18.5 Å². The summed E-state index contributed by atoms with van der Waals surface area (Å²) in [6, 6.07) is 7.42. The summed E-state index contributed by atoms with van der Waals surface area (Å²) >= 11 is 0. The van der Waals surface area contributed by atoms with Crippen molar-refractivity contribution in [2.24, 2.45) is 5.41 Å². The lowest BCUT2D eigenvalue weighted by Gasteiger charge is -2.24. The Morgan fingerprint density at radius 3 is 2.52 bits per heavy atom. The number of tetrazole rings is 1. The Kier molecular flexibility index (Phi) is 6.35. The molecule has 33 heavy (non-hydrogen) atoms. The number of carboxylic acids is 1. The van der Waals surface area contributed by atoms with Crippen molar-refractivity contribution >= 4 is 17.6 Å². The third-order valence-corrected chi connectivity index (χ3v) is 6.09. The molecule has 1 aromatic carbocycles. The molecule has 0 bridgehead atoms. The van der Waals surface area contributed by atoms with Crippen LogP contribution in [0.5, 0.6) is 0 Å². The van der Waals surface area contributed by atoms with Gasteiger partial charge in [-0.15, -0.1) is 5.10 Å². The molecule has 11 heteroatoms. The second-order valence-electron chi connectivity index (χ2n) is 9.64. The van der Waals surface area contributed by atoms with Crippen LogP contribution in [0.1, 0.15) is 32.7 Å². The highest BCUT2D eigenvalue weighted by molar-refractivity contribution is 5.78. The van der Waals surface area contributed by atoms with Gasteiger partial charge in [-0.05, 0) is 40.1 Å². The van der Waals surface area contributed by atoms with Gasteiger partial charge in [0.05, 0.1) is 25.7 Å². The van der Waals surface area contributed by atoms with E-state index in [1.165, 1.54) is 0 Å². The molecule has 2 saturated heterocycles. The van der Waals surface area contributed by atoms with E-state index >= 15 is 0 Å². The maximum atomic E-state index is 12.6. The van der Waals surface area contributed by atoms with Crippen LogP contribution in [-0.2, 0) is 19.1 Å². The number of carboxylic acid groups (broad SMARTS) is 1. The van der Waals surface area contributed by atoms with Crippen molar-refractivity contribution in [1.29, 1.82) is 0 Å². The Morgan fingerprint density at radius 1 is 1.15 bits per heavy atom. The van der Waals surface area contributed by atoms with Crippen LogP contribution >= 0.6 is 0 Å². The predicted molar refractivity (Wildman–Crippen MR) is 119 cm³/mol. The number of hydrogen-bond acceptors (Lipinski definition) is 8. The van der Waals surface area contributed by atoms with Crippen LogP contribution in [-0.4, -0.2) is 82.7 Å². The van der Waals surface area contributed by atoms with E-state index < -0.39 is 11.4 Å². The molecule has 0 unspecified atom stereocenters. The van der Waals surface area contributed by atoms with Gasteiger partial charge in [0.15, 0.2) is 5.82 Å². The summed E-state index contributed by atoms with van der Waals surface area (Å²) < 4.78 is 13.7. The number of hydrogen-bond donors (Lipinski definition) is 2. The fourth-order valence-corrected chi connectivity index (χ4v) is 4.49. The number of ether oxygens (including phenoxy) is 2. The zero-order valence-electron chi connectivity index (χ0n) is 19.3. The minimum Gasteiger partial charge on any atom is -0.481 e. The minimum atomic E-state index is -0.923. The summed E-state index contributed by atoms with van der Waals surface area (Å²) in [6.45, 7) is 4.20. The standard InChI is InChI=1S/C22H30N6O5/c1-22(2,10-18(30)31)9-17(29)23-15-11-32-20-16(12-33-19(15)20)28-21(24-25-26-28)13-5-7-14(8-6-13)27(3)4/h5-8,15-16,19-20H,9-12H2,1-4H3,(H,23,29)(H,30,31)/t15-,16+,19-,20+/m1/s1. The van der Waals surface area contributed by atoms with Gasteiger partial charge in [0.2, 0.25) is 5.91 Å². The van der Waals surface area contributed by atoms with Crippen LogP contribution in [0.15, 0.2) is 24.3 Å². The molecule has 0 spiro atoms. The van der Waals surface area contributed by atoms with Gasteiger partial charge in [0.25, 0.3) is 0 Å². The Balaban J connectivity index is 1.43. The molecule has 2 aliphatic heterocycles. The highest BCUT2D eigenvalue weighted by Crippen LogP contribution is 2.36. The summed E-state index contributed by atoms with van der Waals surface area (Å²) in [5.74, 6) is -0.514. The van der Waals surface area contributed by atoms with Gasteiger partial charge in [-0.3, -0.25) is 9.59 Å². The van der Waals surface area contributed by atoms with Crippen molar-refractivity contribution in [3.63, 3.8) is 0 Å². The SMILES string of the molecule is CN(C)c1ccc(-c2nnnn2[C@H]2CO[C@H]3[C@H]2OC[C@H]3NC(=O)CC(C)(C)CC(=O)O)cc1. The van der Waals surface area contributed by atoms with Crippen molar-refractivity contribution in [1.82, 2.24) is 25.5 Å². The third-order valence-electron chi connectivity index (χ3n) is 6.09. The number of rotatable bonds is 8. The molecule has 0 saturated carbocycles. The van der Waals surface area contributed by atoms with Crippen LogP contribution in [0, 0.1) is 5.41 Å². The number of fused-ring (bicyclic) bond motifs is 1. The summed E-state index contributed by atoms with van der Waals surface area (Å²) in [7, 11) is 3.96. The lowest BCUT2D eigenvalue weighted by atomic mass is 9.85. The summed E-state index contributed by atoms with van der Waals surface area (Å²) in [6.07, 6.45) is -0.596. The molecular weight excluding hydrogens is 428 g/mol. The molecule has 4 rings (SSSR count). The molecule has 0 radical (unpaired) electrons. The maximum Gasteiger partial charge on any atom is 0.303 e. The first kappa shape index (κ1) is 23.1. The second-order valence-corrected chi connectivity index (χ2v) is 9.64. The predicted octanol–water partition coefficient (Wildman–Crippen LogP) is 1.12. The quantitative estimate of drug-likeness (QED) is 0.597. The molecule has 11 nitrogen and oxygen atoms in total. The van der Waals surface area contributed by atoms with Gasteiger partial charge in [-0.1, -0.05) is 13.8 Å². The highest BCUT2D eigenvalue weighted by atomic mass is 16.6. The molecule has 1 amide bonds. The fraction of sp³-hybridized carbons (Fsp3) is 0.591. The Hall–Kier alpha value is -3.05. The number of anilines is 1. The molecular formula is C22H30N6O5. The van der Waals surface area contributed by atoms with Crippen LogP contribution in [0.4, 0.5) is 5.69 Å². The summed E-state index contributed by atoms with van der Waals surface area (Å²) in [5.41, 5.74) is 1.32. The molecule has 2 N–H and O–H groups in total. The smallest absolute Gasteiger partial charge is 0.303 e. The summed E-state index contributed by atoms with van der Waals surface area (Å²) in [5, 5.41) is 24.3. The number of aromatic nitrogens is 4. The van der Waals surface area contributed by atoms with E-state index in [-0.39, 0.29) is 43.0 Å². The van der Waals surface area contributed by atoms with E-state index in [0.717, 1.165) is 11.3 Å². The number of amides is 1. The van der Waals surface area contributed by atoms with E-state index in [1.807, 2.05) is 43.3 Å². The van der Waals surface area contributed by atoms with Crippen LogP contribution < -0.4 is 10.2 Å². The van der Waals surface area contributed by atoms with E-state index in [4.69, 9.17) is 14.6 Å². The molecule has 0 aliphatic carbocycles. The van der Waals surface area contributed by atoms with Gasteiger partial charge in [0.1, 0.15) is 18.2 Å². The second kappa shape index (κ2) is 9.06. The number of carbonyl (C=O) groups is 2. The maximum absolute atomic E-state index is 12.6. The molecule has 1 aromatic heterocycles. The van der Waals surface area contributed by atoms with Crippen molar-refractivity contribution in [3.05, 3.63) is 24.3 Å². The van der Waals surface area contributed by atoms with Crippen molar-refractivity contribution < 1.29 is 24.2 Å². The molecule has 2 aliphatic rings. The van der Waals surface area contributed by atoms with Gasteiger partial charge < -0.3 is 24.8 Å². The lowest BCUT2D eigenvalue weighted by Crippen LogP contribution is -2.45. The van der Waals surface area contributed by atoms with Crippen LogP contribution in [0.25, 0.3) is 11.4 Å². The lowest BCUT2D eigenvalue weighted by molar-refractivity contribution is -0.139. The molecule has 178 valence electrons. The van der Waals surface area contributed by atoms with E-state index in [9.17, 15) is 9.59 Å². The van der Waals surface area contributed by atoms with E-state index in [2.05, 4.69) is 20.8 Å². The van der Waals surface area contributed by atoms with Crippen molar-refractivity contribution in [2.75, 3.05) is 32.2 Å². The average Bonchev–Trinajstić information content (AvgIpc) is 3.43. The number of aliphatic carboxylic acids is 1. The number of carbonyl (C=O) groups excluding carboxylic acids is 1. The number of benzene rings is 1. The van der Waals surface area contributed by atoms with E-state index in [0.29, 0.717) is 19.0 Å². The first-order valence-corrected chi connectivity index (χ1v) is 10.9. The minimum absolute atomic E-state index is 0.0796. The topological polar surface area (TPSA) is 132 Å². The van der Waals surface area contributed by atoms with Crippen LogP contribution in [0.3, 0.4) is 0 Å². The Labute approximate surface area is 192 Å². The van der Waals surface area contributed by atoms with Crippen molar-refractivity contribution in [3.8, 4) is 11.4 Å². The summed E-state index contributed by atoms with van der Waals surface area (Å²) in [4.78, 5) is 25.6. The zero-order valence-corrected chi connectivity index (χ0v) is 19.3. The number of nitrogens with zero attached hydrogens (tertiary/aromatic N) is 5. The molecule has 3 heterocycles. The van der Waals surface area contributed by atoms with Gasteiger partial charge in [0, 0.05) is 31.8 Å². The van der Waals surface area contributed by atoms with Crippen LogP contribution in [0.2, 0.25) is 0 Å². The van der Waals surface area contributed by atoms with Gasteiger partial charge >= 0.3 is 5.97 Å². The average molecular weight is 459 g/mol. The first-order valence-electron chi connectivity index (χ1n) is 10.9. The third kappa shape index (κ3) is 4.98. The molecule has 2 fully saturated rings. The van der Waals surface area contributed by atoms with Gasteiger partial charge in [-0.25, -0.2) is 4.68 Å². The molecule has 2 aromatic rings. The molecule has 4 atom stereocenters. The van der Waals surface area contributed by atoms with Crippen molar-refractivity contribution in [2.45, 2.75) is 51.0 Å².